The van der Waals surface area contributed by atoms with Crippen LogP contribution in [0.2, 0.25) is 0 Å². The number of pyridine rings is 1. The second-order valence-electron chi connectivity index (χ2n) is 2.97. The van der Waals surface area contributed by atoms with Crippen LogP contribution in [0.4, 0.5) is 0 Å². The quantitative estimate of drug-likeness (QED) is 0.757. The fourth-order valence-electron chi connectivity index (χ4n) is 1.24. The summed E-state index contributed by atoms with van der Waals surface area (Å²) in [5, 5.41) is 9.06. The van der Waals surface area contributed by atoms with Crippen LogP contribution < -0.4 is 5.32 Å². The van der Waals surface area contributed by atoms with E-state index in [2.05, 4.69) is 20.5 Å². The molecule has 1 amide bonds. The van der Waals surface area contributed by atoms with Crippen LogP contribution in [-0.4, -0.2) is 28.1 Å². The molecule has 2 aromatic rings. The highest BCUT2D eigenvalue weighted by molar-refractivity contribution is 5.92. The van der Waals surface area contributed by atoms with Crippen molar-refractivity contribution in [2.75, 3.05) is 7.05 Å². The summed E-state index contributed by atoms with van der Waals surface area (Å²) < 4.78 is 0. The van der Waals surface area contributed by atoms with Gasteiger partial charge < -0.3 is 5.32 Å². The molecule has 0 aromatic carbocycles. The number of aromatic amines is 1. The summed E-state index contributed by atoms with van der Waals surface area (Å²) in [4.78, 5) is 15.6. The van der Waals surface area contributed by atoms with Crippen LogP contribution in [0.1, 0.15) is 10.5 Å². The van der Waals surface area contributed by atoms with Crippen molar-refractivity contribution in [2.45, 2.75) is 0 Å². The van der Waals surface area contributed by atoms with Gasteiger partial charge in [0.05, 0.1) is 11.9 Å². The van der Waals surface area contributed by atoms with E-state index < -0.39 is 0 Å². The number of carbonyl (C=O) groups is 1. The first-order chi connectivity index (χ1) is 7.31. The van der Waals surface area contributed by atoms with Crippen LogP contribution in [0.25, 0.3) is 11.3 Å². The second-order valence-corrected chi connectivity index (χ2v) is 2.97. The molecule has 2 N–H and O–H groups in total. The first kappa shape index (κ1) is 9.39. The van der Waals surface area contributed by atoms with Crippen molar-refractivity contribution in [1.29, 1.82) is 0 Å². The molecule has 0 saturated carbocycles. The van der Waals surface area contributed by atoms with E-state index in [0.29, 0.717) is 5.69 Å². The van der Waals surface area contributed by atoms with Gasteiger partial charge in [0.25, 0.3) is 5.91 Å². The third-order valence-electron chi connectivity index (χ3n) is 2.00. The molecule has 5 heteroatoms. The molecule has 0 aliphatic carbocycles. The molecule has 0 radical (unpaired) electrons. The molecule has 0 bridgehead atoms. The summed E-state index contributed by atoms with van der Waals surface area (Å²) in [7, 11) is 1.58. The molecular weight excluding hydrogens is 192 g/mol. The third kappa shape index (κ3) is 1.85. The van der Waals surface area contributed by atoms with Crippen LogP contribution in [0.5, 0.6) is 0 Å². The van der Waals surface area contributed by atoms with Crippen LogP contribution in [0, 0.1) is 0 Å². The fourth-order valence-corrected chi connectivity index (χ4v) is 1.24. The molecule has 2 aromatic heterocycles. The number of rotatable bonds is 2. The molecule has 0 aliphatic rings. The Bertz CT molecular complexity index is 464. The zero-order chi connectivity index (χ0) is 10.7. The van der Waals surface area contributed by atoms with Gasteiger partial charge in [0.15, 0.2) is 0 Å². The molecule has 76 valence electrons. The Morgan fingerprint density at radius 2 is 2.33 bits per heavy atom. The smallest absolute Gasteiger partial charge is 0.269 e. The summed E-state index contributed by atoms with van der Waals surface area (Å²) in [6, 6.07) is 5.29. The van der Waals surface area contributed by atoms with E-state index in [1.165, 1.54) is 0 Å². The number of H-pyrrole nitrogens is 1. The van der Waals surface area contributed by atoms with E-state index in [0.717, 1.165) is 11.3 Å². The van der Waals surface area contributed by atoms with Crippen LogP contribution >= 0.6 is 0 Å². The van der Waals surface area contributed by atoms with Gasteiger partial charge in [-0.05, 0) is 12.1 Å². The van der Waals surface area contributed by atoms with Crippen molar-refractivity contribution < 1.29 is 4.79 Å². The van der Waals surface area contributed by atoms with Gasteiger partial charge in [0, 0.05) is 18.8 Å². The molecule has 0 fully saturated rings. The lowest BCUT2D eigenvalue weighted by molar-refractivity contribution is 0.0958. The SMILES string of the molecule is CNC(=O)c1cccc(-c2cn[nH]c2)n1. The normalized spacial score (nSPS) is 9.93. The van der Waals surface area contributed by atoms with Gasteiger partial charge in [-0.25, -0.2) is 4.98 Å². The molecule has 0 saturated heterocycles. The van der Waals surface area contributed by atoms with E-state index in [9.17, 15) is 4.79 Å². The number of nitrogens with zero attached hydrogens (tertiary/aromatic N) is 2. The third-order valence-corrected chi connectivity index (χ3v) is 2.00. The zero-order valence-corrected chi connectivity index (χ0v) is 8.19. The van der Waals surface area contributed by atoms with E-state index in [4.69, 9.17) is 0 Å². The standard InChI is InChI=1S/C10H10N4O/c1-11-10(15)9-4-2-3-8(14-9)7-5-12-13-6-7/h2-6H,1H3,(H,11,15)(H,12,13). The van der Waals surface area contributed by atoms with Crippen molar-refractivity contribution >= 4 is 5.91 Å². The Morgan fingerprint density at radius 1 is 1.47 bits per heavy atom. The molecule has 0 unspecified atom stereocenters. The van der Waals surface area contributed by atoms with Gasteiger partial charge in [-0.1, -0.05) is 6.07 Å². The average Bonchev–Trinajstić information content (AvgIpc) is 2.82. The zero-order valence-electron chi connectivity index (χ0n) is 8.19. The summed E-state index contributed by atoms with van der Waals surface area (Å²) in [5.74, 6) is -0.194. The number of carbonyl (C=O) groups excluding carboxylic acids is 1. The van der Waals surface area contributed by atoms with Gasteiger partial charge in [-0.3, -0.25) is 9.89 Å². The monoisotopic (exact) mass is 202 g/mol. The minimum atomic E-state index is -0.194. The summed E-state index contributed by atoms with van der Waals surface area (Å²) in [6.45, 7) is 0. The van der Waals surface area contributed by atoms with Crippen molar-refractivity contribution in [3.8, 4) is 11.3 Å². The highest BCUT2D eigenvalue weighted by atomic mass is 16.1. The molecule has 0 atom stereocenters. The van der Waals surface area contributed by atoms with Crippen LogP contribution in [0.3, 0.4) is 0 Å². The largest absolute Gasteiger partial charge is 0.354 e. The van der Waals surface area contributed by atoms with Crippen molar-refractivity contribution in [1.82, 2.24) is 20.5 Å². The summed E-state index contributed by atoms with van der Waals surface area (Å²) >= 11 is 0. The first-order valence-electron chi connectivity index (χ1n) is 4.49. The topological polar surface area (TPSA) is 70.7 Å². The van der Waals surface area contributed by atoms with Crippen molar-refractivity contribution in [3.63, 3.8) is 0 Å². The minimum Gasteiger partial charge on any atom is -0.354 e. The summed E-state index contributed by atoms with van der Waals surface area (Å²) in [5.41, 5.74) is 1.99. The number of hydrogen-bond acceptors (Lipinski definition) is 3. The van der Waals surface area contributed by atoms with Gasteiger partial charge in [0.1, 0.15) is 5.69 Å². The van der Waals surface area contributed by atoms with Gasteiger partial charge in [0.2, 0.25) is 0 Å². The Kier molecular flexibility index (Phi) is 2.45. The number of nitrogens with one attached hydrogen (secondary N) is 2. The maximum atomic E-state index is 11.3. The average molecular weight is 202 g/mol. The predicted octanol–water partition coefficient (Wildman–Crippen LogP) is 0.831. The maximum absolute atomic E-state index is 11.3. The number of aromatic nitrogens is 3. The molecule has 2 rings (SSSR count). The predicted molar refractivity (Wildman–Crippen MR) is 55.2 cm³/mol. The molecule has 15 heavy (non-hydrogen) atoms. The Labute approximate surface area is 86.5 Å². The van der Waals surface area contributed by atoms with Gasteiger partial charge in [-0.15, -0.1) is 0 Å². The summed E-state index contributed by atoms with van der Waals surface area (Å²) in [6.07, 6.45) is 3.39. The van der Waals surface area contributed by atoms with E-state index in [1.807, 2.05) is 6.07 Å². The van der Waals surface area contributed by atoms with Crippen molar-refractivity contribution in [2.24, 2.45) is 0 Å². The molecule has 0 spiro atoms. The number of amides is 1. The first-order valence-corrected chi connectivity index (χ1v) is 4.49. The van der Waals surface area contributed by atoms with E-state index in [1.54, 1.807) is 31.6 Å². The minimum absolute atomic E-state index is 0.194. The lowest BCUT2D eigenvalue weighted by atomic mass is 10.2. The number of hydrogen-bond donors (Lipinski definition) is 2. The Balaban J connectivity index is 2.39. The molecule has 2 heterocycles. The van der Waals surface area contributed by atoms with Gasteiger partial charge >= 0.3 is 0 Å². The van der Waals surface area contributed by atoms with E-state index >= 15 is 0 Å². The highest BCUT2D eigenvalue weighted by Crippen LogP contribution is 2.14. The van der Waals surface area contributed by atoms with Crippen LogP contribution in [0.15, 0.2) is 30.6 Å². The van der Waals surface area contributed by atoms with Gasteiger partial charge in [-0.2, -0.15) is 5.10 Å². The maximum Gasteiger partial charge on any atom is 0.269 e. The van der Waals surface area contributed by atoms with Crippen molar-refractivity contribution in [3.05, 3.63) is 36.3 Å². The highest BCUT2D eigenvalue weighted by Gasteiger charge is 2.06. The lowest BCUT2D eigenvalue weighted by Gasteiger charge is -2.00. The molecule has 5 nitrogen and oxygen atoms in total. The van der Waals surface area contributed by atoms with E-state index in [-0.39, 0.29) is 5.91 Å². The Hall–Kier alpha value is -2.17. The fraction of sp³-hybridized carbons (Fsp3) is 0.100. The lowest BCUT2D eigenvalue weighted by Crippen LogP contribution is -2.19. The van der Waals surface area contributed by atoms with Crippen LogP contribution in [-0.2, 0) is 0 Å². The molecule has 0 aliphatic heterocycles. The second kappa shape index (κ2) is 3.91. The molecular formula is C10H10N4O. The Morgan fingerprint density at radius 3 is 3.00 bits per heavy atom.